The van der Waals surface area contributed by atoms with Gasteiger partial charge in [-0.25, -0.2) is 9.18 Å². The quantitative estimate of drug-likeness (QED) is 0.781. The summed E-state index contributed by atoms with van der Waals surface area (Å²) in [6.45, 7) is 4.47. The predicted octanol–water partition coefficient (Wildman–Crippen LogP) is 3.51. The normalized spacial score (nSPS) is 15.6. The molecular formula is C21H24ClFN4O2. The van der Waals surface area contributed by atoms with Crippen LogP contribution in [0, 0.1) is 5.82 Å². The van der Waals surface area contributed by atoms with Gasteiger partial charge in [0.05, 0.1) is 12.6 Å². The zero-order valence-corrected chi connectivity index (χ0v) is 17.0. The highest BCUT2D eigenvalue weighted by molar-refractivity contribution is 6.30. The first kappa shape index (κ1) is 21.1. The SMILES string of the molecule is CC(NC(=O)N1CCN(CC(=O)Nc2ccc(F)cc2)CC1)c1ccc(Cl)cc1. The Hall–Kier alpha value is -2.64. The molecule has 0 saturated carbocycles. The Morgan fingerprint density at radius 3 is 2.28 bits per heavy atom. The molecule has 2 aromatic carbocycles. The standard InChI is InChI=1S/C21H24ClFN4O2/c1-15(16-2-4-17(22)5-3-16)24-21(29)27-12-10-26(11-13-27)14-20(28)25-19-8-6-18(23)7-9-19/h2-9,15H,10-14H2,1H3,(H,24,29)(H,25,28). The lowest BCUT2D eigenvalue weighted by Gasteiger charge is -2.35. The van der Waals surface area contributed by atoms with Crippen molar-refractivity contribution in [2.45, 2.75) is 13.0 Å². The van der Waals surface area contributed by atoms with Gasteiger partial charge in [0, 0.05) is 36.9 Å². The van der Waals surface area contributed by atoms with Crippen molar-refractivity contribution < 1.29 is 14.0 Å². The molecule has 0 spiro atoms. The Morgan fingerprint density at radius 1 is 1.03 bits per heavy atom. The smallest absolute Gasteiger partial charge is 0.317 e. The summed E-state index contributed by atoms with van der Waals surface area (Å²) >= 11 is 5.90. The Kier molecular flexibility index (Phi) is 7.06. The van der Waals surface area contributed by atoms with E-state index < -0.39 is 0 Å². The number of hydrogen-bond acceptors (Lipinski definition) is 3. The van der Waals surface area contributed by atoms with E-state index in [9.17, 15) is 14.0 Å². The molecule has 3 rings (SSSR count). The third-order valence-corrected chi connectivity index (χ3v) is 5.12. The van der Waals surface area contributed by atoms with Gasteiger partial charge in [-0.1, -0.05) is 23.7 Å². The number of benzene rings is 2. The van der Waals surface area contributed by atoms with E-state index in [2.05, 4.69) is 10.6 Å². The van der Waals surface area contributed by atoms with Gasteiger partial charge in [0.25, 0.3) is 0 Å². The van der Waals surface area contributed by atoms with Crippen molar-refractivity contribution in [2.75, 3.05) is 38.0 Å². The number of urea groups is 1. The van der Waals surface area contributed by atoms with E-state index in [1.54, 1.807) is 17.0 Å². The number of piperazine rings is 1. The summed E-state index contributed by atoms with van der Waals surface area (Å²) in [7, 11) is 0. The zero-order chi connectivity index (χ0) is 20.8. The summed E-state index contributed by atoms with van der Waals surface area (Å²) in [5.41, 5.74) is 1.55. The van der Waals surface area contributed by atoms with Crippen molar-refractivity contribution in [1.29, 1.82) is 0 Å². The van der Waals surface area contributed by atoms with Gasteiger partial charge in [-0.15, -0.1) is 0 Å². The van der Waals surface area contributed by atoms with Crippen LogP contribution in [0.1, 0.15) is 18.5 Å². The summed E-state index contributed by atoms with van der Waals surface area (Å²) in [4.78, 5) is 28.4. The number of amides is 3. The molecule has 1 aliphatic heterocycles. The Morgan fingerprint density at radius 2 is 1.66 bits per heavy atom. The van der Waals surface area contributed by atoms with Crippen molar-refractivity contribution >= 4 is 29.2 Å². The second-order valence-corrected chi connectivity index (χ2v) is 7.48. The summed E-state index contributed by atoms with van der Waals surface area (Å²) in [6, 6.07) is 12.8. The van der Waals surface area contributed by atoms with Crippen LogP contribution in [0.3, 0.4) is 0 Å². The van der Waals surface area contributed by atoms with Crippen molar-refractivity contribution in [3.05, 3.63) is 64.9 Å². The van der Waals surface area contributed by atoms with Crippen molar-refractivity contribution in [1.82, 2.24) is 15.1 Å². The molecule has 6 nitrogen and oxygen atoms in total. The fourth-order valence-corrected chi connectivity index (χ4v) is 3.28. The molecular weight excluding hydrogens is 395 g/mol. The molecule has 0 radical (unpaired) electrons. The first-order valence-corrected chi connectivity index (χ1v) is 9.87. The maximum absolute atomic E-state index is 12.9. The lowest BCUT2D eigenvalue weighted by Crippen LogP contribution is -2.53. The second-order valence-electron chi connectivity index (χ2n) is 7.04. The number of hydrogen-bond donors (Lipinski definition) is 2. The fourth-order valence-electron chi connectivity index (χ4n) is 3.16. The molecule has 154 valence electrons. The monoisotopic (exact) mass is 418 g/mol. The highest BCUT2D eigenvalue weighted by Gasteiger charge is 2.23. The van der Waals surface area contributed by atoms with Gasteiger partial charge in [0.1, 0.15) is 5.82 Å². The molecule has 1 heterocycles. The van der Waals surface area contributed by atoms with E-state index >= 15 is 0 Å². The highest BCUT2D eigenvalue weighted by atomic mass is 35.5. The van der Waals surface area contributed by atoms with E-state index in [4.69, 9.17) is 11.6 Å². The number of nitrogens with zero attached hydrogens (tertiary/aromatic N) is 2. The number of nitrogens with one attached hydrogen (secondary N) is 2. The molecule has 0 aromatic heterocycles. The van der Waals surface area contributed by atoms with Gasteiger partial charge in [-0.3, -0.25) is 9.69 Å². The average Bonchev–Trinajstić information content (AvgIpc) is 2.70. The van der Waals surface area contributed by atoms with Gasteiger partial charge in [0.2, 0.25) is 5.91 Å². The predicted molar refractivity (Wildman–Crippen MR) is 111 cm³/mol. The first-order chi connectivity index (χ1) is 13.9. The molecule has 0 aliphatic carbocycles. The fraction of sp³-hybridized carbons (Fsp3) is 0.333. The van der Waals surface area contributed by atoms with Crippen LogP contribution >= 0.6 is 11.6 Å². The molecule has 29 heavy (non-hydrogen) atoms. The average molecular weight is 419 g/mol. The molecule has 2 N–H and O–H groups in total. The van der Waals surface area contributed by atoms with Crippen molar-refractivity contribution in [3.63, 3.8) is 0 Å². The van der Waals surface area contributed by atoms with Crippen LogP contribution in [0.25, 0.3) is 0 Å². The molecule has 8 heteroatoms. The van der Waals surface area contributed by atoms with E-state index in [-0.39, 0.29) is 30.3 Å². The van der Waals surface area contributed by atoms with E-state index in [1.165, 1.54) is 24.3 Å². The van der Waals surface area contributed by atoms with Gasteiger partial charge in [0.15, 0.2) is 0 Å². The maximum atomic E-state index is 12.9. The van der Waals surface area contributed by atoms with Crippen molar-refractivity contribution in [3.8, 4) is 0 Å². The molecule has 1 unspecified atom stereocenters. The minimum Gasteiger partial charge on any atom is -0.331 e. The zero-order valence-electron chi connectivity index (χ0n) is 16.2. The Labute approximate surface area is 174 Å². The molecule has 1 saturated heterocycles. The number of rotatable bonds is 5. The van der Waals surface area contributed by atoms with Crippen LogP contribution in [-0.4, -0.2) is 54.5 Å². The van der Waals surface area contributed by atoms with Gasteiger partial charge < -0.3 is 15.5 Å². The summed E-state index contributed by atoms with van der Waals surface area (Å²) in [5, 5.41) is 6.40. The molecule has 3 amide bonds. The lowest BCUT2D eigenvalue weighted by atomic mass is 10.1. The number of halogens is 2. The molecule has 1 aliphatic rings. The van der Waals surface area contributed by atoms with Crippen LogP contribution < -0.4 is 10.6 Å². The van der Waals surface area contributed by atoms with Crippen LogP contribution in [0.2, 0.25) is 5.02 Å². The lowest BCUT2D eigenvalue weighted by molar-refractivity contribution is -0.117. The number of carbonyl (C=O) groups is 2. The minimum atomic E-state index is -0.345. The molecule has 0 bridgehead atoms. The third kappa shape index (κ3) is 6.17. The summed E-state index contributed by atoms with van der Waals surface area (Å²) in [5.74, 6) is -0.506. The van der Waals surface area contributed by atoms with Gasteiger partial charge in [-0.2, -0.15) is 0 Å². The van der Waals surface area contributed by atoms with Gasteiger partial charge >= 0.3 is 6.03 Å². The van der Waals surface area contributed by atoms with E-state index in [0.717, 1.165) is 5.56 Å². The highest BCUT2D eigenvalue weighted by Crippen LogP contribution is 2.16. The molecule has 2 aromatic rings. The van der Waals surface area contributed by atoms with Crippen LogP contribution in [-0.2, 0) is 4.79 Å². The van der Waals surface area contributed by atoms with Gasteiger partial charge in [-0.05, 0) is 48.9 Å². The molecule has 1 fully saturated rings. The summed E-state index contributed by atoms with van der Waals surface area (Å²) < 4.78 is 12.9. The van der Waals surface area contributed by atoms with Crippen LogP contribution in [0.5, 0.6) is 0 Å². The van der Waals surface area contributed by atoms with E-state index in [0.29, 0.717) is 36.9 Å². The molecule has 1 atom stereocenters. The minimum absolute atomic E-state index is 0.122. The van der Waals surface area contributed by atoms with Crippen LogP contribution in [0.4, 0.5) is 14.9 Å². The maximum Gasteiger partial charge on any atom is 0.317 e. The summed E-state index contributed by atoms with van der Waals surface area (Å²) in [6.07, 6.45) is 0. The third-order valence-electron chi connectivity index (χ3n) is 4.86. The van der Waals surface area contributed by atoms with Crippen LogP contribution in [0.15, 0.2) is 48.5 Å². The Balaban J connectivity index is 1.42. The number of carbonyl (C=O) groups excluding carboxylic acids is 2. The number of anilines is 1. The van der Waals surface area contributed by atoms with Crippen molar-refractivity contribution in [2.24, 2.45) is 0 Å². The Bertz CT molecular complexity index is 837. The second kappa shape index (κ2) is 9.71. The van der Waals surface area contributed by atoms with E-state index in [1.807, 2.05) is 24.0 Å². The first-order valence-electron chi connectivity index (χ1n) is 9.49. The topological polar surface area (TPSA) is 64.7 Å². The largest absolute Gasteiger partial charge is 0.331 e.